The number of carbonyl (C=O) groups is 2. The number of halogens is 3. The summed E-state index contributed by atoms with van der Waals surface area (Å²) >= 11 is 16.2. The Morgan fingerprint density at radius 3 is 2.20 bits per heavy atom. The van der Waals surface area contributed by atoms with Gasteiger partial charge in [0, 0.05) is 34.0 Å². The number of carbonyl (C=O) groups excluding carboxylic acids is 2. The molecule has 1 N–H and O–H groups in total. The normalized spacial score (nSPS) is 11.7. The molecule has 184 valence electrons. The second-order valence-corrected chi connectivity index (χ2v) is 10.1. The Kier molecular flexibility index (Phi) is 10.6. The molecular formula is C28H29BrCl2N2O2. The Morgan fingerprint density at radius 2 is 1.57 bits per heavy atom. The standard InChI is InChI=1S/C28H29BrCl2N2O2/c1-2-3-16-32-28(35)26(17-20-8-5-4-6-9-20)33(19-21-12-14-22(29)15-13-21)27(34)18-23-24(30)10-7-11-25(23)31/h4-15,26H,2-3,16-19H2,1H3,(H,32,35)/t26-/m0/s1. The van der Waals surface area contributed by atoms with Crippen LogP contribution in [0.15, 0.2) is 77.3 Å². The zero-order chi connectivity index (χ0) is 25.2. The van der Waals surface area contributed by atoms with E-state index in [0.717, 1.165) is 28.4 Å². The van der Waals surface area contributed by atoms with E-state index in [2.05, 4.69) is 28.2 Å². The van der Waals surface area contributed by atoms with Gasteiger partial charge in [-0.25, -0.2) is 0 Å². The number of hydrogen-bond donors (Lipinski definition) is 1. The summed E-state index contributed by atoms with van der Waals surface area (Å²) in [6, 6.07) is 22.0. The largest absolute Gasteiger partial charge is 0.354 e. The van der Waals surface area contributed by atoms with E-state index in [1.165, 1.54) is 0 Å². The van der Waals surface area contributed by atoms with E-state index < -0.39 is 6.04 Å². The van der Waals surface area contributed by atoms with E-state index in [0.29, 0.717) is 28.6 Å². The van der Waals surface area contributed by atoms with Gasteiger partial charge in [-0.05, 0) is 47.4 Å². The molecule has 3 aromatic carbocycles. The molecule has 4 nitrogen and oxygen atoms in total. The molecule has 7 heteroatoms. The van der Waals surface area contributed by atoms with E-state index >= 15 is 0 Å². The van der Waals surface area contributed by atoms with Crippen LogP contribution in [0.25, 0.3) is 0 Å². The fourth-order valence-electron chi connectivity index (χ4n) is 3.80. The van der Waals surface area contributed by atoms with Crippen molar-refractivity contribution in [2.24, 2.45) is 0 Å². The first-order valence-corrected chi connectivity index (χ1v) is 13.2. The lowest BCUT2D eigenvalue weighted by Crippen LogP contribution is -2.51. The summed E-state index contributed by atoms with van der Waals surface area (Å²) in [4.78, 5) is 28.9. The highest BCUT2D eigenvalue weighted by molar-refractivity contribution is 9.10. The van der Waals surface area contributed by atoms with E-state index in [1.54, 1.807) is 23.1 Å². The van der Waals surface area contributed by atoms with Crippen molar-refractivity contribution < 1.29 is 9.59 Å². The number of nitrogens with one attached hydrogen (secondary N) is 1. The summed E-state index contributed by atoms with van der Waals surface area (Å²) in [6.07, 6.45) is 2.25. The minimum absolute atomic E-state index is 0.00254. The fraction of sp³-hybridized carbons (Fsp3) is 0.286. The Morgan fingerprint density at radius 1 is 0.914 bits per heavy atom. The zero-order valence-electron chi connectivity index (χ0n) is 19.6. The lowest BCUT2D eigenvalue weighted by molar-refractivity contribution is -0.140. The van der Waals surface area contributed by atoms with Crippen LogP contribution >= 0.6 is 39.1 Å². The van der Waals surface area contributed by atoms with Gasteiger partial charge < -0.3 is 10.2 Å². The van der Waals surface area contributed by atoms with Gasteiger partial charge in [0.1, 0.15) is 6.04 Å². The molecule has 0 aromatic heterocycles. The van der Waals surface area contributed by atoms with Gasteiger partial charge in [0.15, 0.2) is 0 Å². The molecule has 0 unspecified atom stereocenters. The van der Waals surface area contributed by atoms with Gasteiger partial charge in [-0.2, -0.15) is 0 Å². The quantitative estimate of drug-likeness (QED) is 0.254. The minimum atomic E-state index is -0.688. The Balaban J connectivity index is 1.97. The monoisotopic (exact) mass is 574 g/mol. The lowest BCUT2D eigenvalue weighted by atomic mass is 10.0. The molecule has 2 amide bonds. The number of benzene rings is 3. The molecule has 0 aliphatic heterocycles. The van der Waals surface area contributed by atoms with Gasteiger partial charge >= 0.3 is 0 Å². The van der Waals surface area contributed by atoms with Gasteiger partial charge in [-0.3, -0.25) is 9.59 Å². The summed E-state index contributed by atoms with van der Waals surface area (Å²) in [5, 5.41) is 3.89. The fourth-order valence-corrected chi connectivity index (χ4v) is 4.60. The van der Waals surface area contributed by atoms with Crippen LogP contribution < -0.4 is 5.32 Å². The second kappa shape index (κ2) is 13.7. The molecule has 0 spiro atoms. The molecule has 0 radical (unpaired) electrons. The average Bonchev–Trinajstić information content (AvgIpc) is 2.85. The second-order valence-electron chi connectivity index (χ2n) is 8.38. The highest BCUT2D eigenvalue weighted by Gasteiger charge is 2.31. The van der Waals surface area contributed by atoms with Crippen LogP contribution in [0.3, 0.4) is 0 Å². The molecule has 0 fully saturated rings. The molecule has 3 aromatic rings. The van der Waals surface area contributed by atoms with Crippen LogP contribution in [0.4, 0.5) is 0 Å². The summed E-state index contributed by atoms with van der Waals surface area (Å²) in [5.41, 5.74) is 2.46. The number of nitrogens with zero attached hydrogens (tertiary/aromatic N) is 1. The molecular weight excluding hydrogens is 547 g/mol. The topological polar surface area (TPSA) is 49.4 Å². The maximum Gasteiger partial charge on any atom is 0.243 e. The predicted octanol–water partition coefficient (Wildman–Crippen LogP) is 6.85. The van der Waals surface area contributed by atoms with Crippen LogP contribution in [0.2, 0.25) is 10.0 Å². The van der Waals surface area contributed by atoms with Gasteiger partial charge in [0.2, 0.25) is 11.8 Å². The molecule has 0 saturated heterocycles. The van der Waals surface area contributed by atoms with Gasteiger partial charge in [-0.1, -0.05) is 101 Å². The molecule has 0 aliphatic rings. The Labute approximate surface area is 225 Å². The van der Waals surface area contributed by atoms with Crippen molar-refractivity contribution in [2.45, 2.75) is 45.2 Å². The van der Waals surface area contributed by atoms with Gasteiger partial charge in [0.05, 0.1) is 6.42 Å². The van der Waals surface area contributed by atoms with Crippen molar-refractivity contribution in [3.63, 3.8) is 0 Å². The average molecular weight is 576 g/mol. The van der Waals surface area contributed by atoms with E-state index in [-0.39, 0.29) is 24.8 Å². The highest BCUT2D eigenvalue weighted by Crippen LogP contribution is 2.26. The molecule has 0 heterocycles. The maximum atomic E-state index is 13.8. The molecule has 0 saturated carbocycles. The van der Waals surface area contributed by atoms with Crippen LogP contribution in [0, 0.1) is 0 Å². The van der Waals surface area contributed by atoms with E-state index in [4.69, 9.17) is 23.2 Å². The smallest absolute Gasteiger partial charge is 0.243 e. The number of amides is 2. The third-order valence-corrected chi connectivity index (χ3v) is 6.99. The number of rotatable bonds is 11. The SMILES string of the molecule is CCCCNC(=O)[C@H](Cc1ccccc1)N(Cc1ccc(Br)cc1)C(=O)Cc1c(Cl)cccc1Cl. The summed E-state index contributed by atoms with van der Waals surface area (Å²) in [6.45, 7) is 2.93. The first-order valence-electron chi connectivity index (χ1n) is 11.7. The van der Waals surface area contributed by atoms with Crippen molar-refractivity contribution in [1.82, 2.24) is 10.2 Å². The molecule has 35 heavy (non-hydrogen) atoms. The summed E-state index contributed by atoms with van der Waals surface area (Å²) in [7, 11) is 0. The van der Waals surface area contributed by atoms with Crippen molar-refractivity contribution in [3.05, 3.63) is 104 Å². The lowest BCUT2D eigenvalue weighted by Gasteiger charge is -2.32. The van der Waals surface area contributed by atoms with Crippen molar-refractivity contribution >= 4 is 50.9 Å². The third kappa shape index (κ3) is 8.09. The first kappa shape index (κ1) is 27.3. The first-order chi connectivity index (χ1) is 16.9. The van der Waals surface area contributed by atoms with Crippen molar-refractivity contribution in [2.75, 3.05) is 6.54 Å². The van der Waals surface area contributed by atoms with Crippen LogP contribution in [0.5, 0.6) is 0 Å². The summed E-state index contributed by atoms with van der Waals surface area (Å²) in [5.74, 6) is -0.382. The van der Waals surface area contributed by atoms with Gasteiger partial charge in [-0.15, -0.1) is 0 Å². The Hall–Kier alpha value is -2.34. The van der Waals surface area contributed by atoms with Crippen LogP contribution in [0.1, 0.15) is 36.5 Å². The number of hydrogen-bond acceptors (Lipinski definition) is 2. The van der Waals surface area contributed by atoms with E-state index in [1.807, 2.05) is 54.6 Å². The third-order valence-electron chi connectivity index (χ3n) is 5.76. The molecule has 0 bridgehead atoms. The maximum absolute atomic E-state index is 13.8. The Bertz CT molecular complexity index is 1100. The zero-order valence-corrected chi connectivity index (χ0v) is 22.7. The number of unbranched alkanes of at least 4 members (excludes halogenated alkanes) is 1. The van der Waals surface area contributed by atoms with Gasteiger partial charge in [0.25, 0.3) is 0 Å². The van der Waals surface area contributed by atoms with Crippen LogP contribution in [-0.2, 0) is 29.0 Å². The predicted molar refractivity (Wildman–Crippen MR) is 147 cm³/mol. The van der Waals surface area contributed by atoms with Crippen molar-refractivity contribution in [1.29, 1.82) is 0 Å². The molecule has 0 aliphatic carbocycles. The molecule has 1 atom stereocenters. The summed E-state index contributed by atoms with van der Waals surface area (Å²) < 4.78 is 0.945. The molecule has 3 rings (SSSR count). The van der Waals surface area contributed by atoms with E-state index in [9.17, 15) is 9.59 Å². The van der Waals surface area contributed by atoms with Crippen LogP contribution in [-0.4, -0.2) is 29.3 Å². The minimum Gasteiger partial charge on any atom is -0.354 e. The highest BCUT2D eigenvalue weighted by atomic mass is 79.9. The van der Waals surface area contributed by atoms with Crippen molar-refractivity contribution in [3.8, 4) is 0 Å².